The van der Waals surface area contributed by atoms with Gasteiger partial charge in [0.15, 0.2) is 5.76 Å². The van der Waals surface area contributed by atoms with Crippen molar-refractivity contribution < 1.29 is 9.15 Å². The minimum Gasteiger partial charge on any atom is -0.496 e. The quantitative estimate of drug-likeness (QED) is 0.904. The van der Waals surface area contributed by atoms with Crippen LogP contribution in [0.25, 0.3) is 11.3 Å². The molecule has 1 aromatic carbocycles. The maximum absolute atomic E-state index is 5.67. The van der Waals surface area contributed by atoms with Gasteiger partial charge >= 0.3 is 0 Å². The second kappa shape index (κ2) is 4.82. The maximum Gasteiger partial charge on any atom is 0.208 e. The zero-order valence-corrected chi connectivity index (χ0v) is 11.2. The van der Waals surface area contributed by atoms with Gasteiger partial charge in [-0.3, -0.25) is 0 Å². The molecule has 0 atom stereocenters. The molecule has 2 aromatic rings. The number of aryl methyl sites for hydroxylation is 3. The molecule has 96 valence electrons. The standard InChI is InChI=1S/C14H18N2O2/c1-8-5-11(12(17-4)6-9(8)2)14-10(3)16-13(7-15)18-14/h5-6H,7,15H2,1-4H3. The predicted molar refractivity (Wildman–Crippen MR) is 70.6 cm³/mol. The molecule has 2 N–H and O–H groups in total. The Bertz CT molecular complexity index is 573. The topological polar surface area (TPSA) is 61.3 Å². The van der Waals surface area contributed by atoms with Gasteiger partial charge in [0, 0.05) is 0 Å². The van der Waals surface area contributed by atoms with E-state index >= 15 is 0 Å². The summed E-state index contributed by atoms with van der Waals surface area (Å²) >= 11 is 0. The molecular formula is C14H18N2O2. The number of methoxy groups -OCH3 is 1. The van der Waals surface area contributed by atoms with Crippen molar-refractivity contribution in [2.75, 3.05) is 7.11 Å². The lowest BCUT2D eigenvalue weighted by molar-refractivity contribution is 0.413. The van der Waals surface area contributed by atoms with Crippen LogP contribution in [0.1, 0.15) is 22.7 Å². The normalized spacial score (nSPS) is 10.7. The molecule has 0 unspecified atom stereocenters. The smallest absolute Gasteiger partial charge is 0.208 e. The van der Waals surface area contributed by atoms with E-state index in [9.17, 15) is 0 Å². The number of aromatic nitrogens is 1. The largest absolute Gasteiger partial charge is 0.496 e. The van der Waals surface area contributed by atoms with Gasteiger partial charge in [0.05, 0.1) is 24.9 Å². The van der Waals surface area contributed by atoms with E-state index in [1.54, 1.807) is 7.11 Å². The molecule has 1 aromatic heterocycles. The van der Waals surface area contributed by atoms with Crippen LogP contribution in [0.3, 0.4) is 0 Å². The Morgan fingerprint density at radius 2 is 1.89 bits per heavy atom. The lowest BCUT2D eigenvalue weighted by atomic mass is 10.0. The molecule has 0 amide bonds. The Labute approximate surface area is 107 Å². The molecule has 0 aliphatic heterocycles. The number of ether oxygens (including phenoxy) is 1. The van der Waals surface area contributed by atoms with Crippen molar-refractivity contribution in [3.05, 3.63) is 34.8 Å². The van der Waals surface area contributed by atoms with Gasteiger partial charge < -0.3 is 14.9 Å². The lowest BCUT2D eigenvalue weighted by Crippen LogP contribution is -1.95. The second-order valence-electron chi connectivity index (χ2n) is 4.36. The van der Waals surface area contributed by atoms with Crippen LogP contribution >= 0.6 is 0 Å². The minimum atomic E-state index is 0.300. The summed E-state index contributed by atoms with van der Waals surface area (Å²) in [6.45, 7) is 6.33. The van der Waals surface area contributed by atoms with Crippen molar-refractivity contribution in [1.82, 2.24) is 4.98 Å². The second-order valence-corrected chi connectivity index (χ2v) is 4.36. The van der Waals surface area contributed by atoms with Crippen molar-refractivity contribution in [3.8, 4) is 17.1 Å². The molecule has 0 fully saturated rings. The van der Waals surface area contributed by atoms with Gasteiger partial charge in [-0.2, -0.15) is 0 Å². The van der Waals surface area contributed by atoms with Gasteiger partial charge in [-0.05, 0) is 44.0 Å². The van der Waals surface area contributed by atoms with E-state index in [2.05, 4.69) is 24.9 Å². The van der Waals surface area contributed by atoms with Crippen LogP contribution in [-0.2, 0) is 6.54 Å². The zero-order chi connectivity index (χ0) is 13.3. The number of hydrogen-bond acceptors (Lipinski definition) is 4. The van der Waals surface area contributed by atoms with E-state index in [0.29, 0.717) is 12.4 Å². The summed E-state index contributed by atoms with van der Waals surface area (Å²) in [5.74, 6) is 2.07. The van der Waals surface area contributed by atoms with Gasteiger partial charge in [0.2, 0.25) is 5.89 Å². The number of nitrogens with zero attached hydrogens (tertiary/aromatic N) is 1. The molecule has 2 rings (SSSR count). The fourth-order valence-electron chi connectivity index (χ4n) is 1.93. The highest BCUT2D eigenvalue weighted by Crippen LogP contribution is 2.34. The van der Waals surface area contributed by atoms with E-state index in [4.69, 9.17) is 14.9 Å². The third-order valence-corrected chi connectivity index (χ3v) is 3.08. The number of hydrogen-bond donors (Lipinski definition) is 1. The number of benzene rings is 1. The van der Waals surface area contributed by atoms with Crippen LogP contribution in [-0.4, -0.2) is 12.1 Å². The third kappa shape index (κ3) is 2.11. The molecule has 0 aliphatic carbocycles. The lowest BCUT2D eigenvalue weighted by Gasteiger charge is -2.10. The third-order valence-electron chi connectivity index (χ3n) is 3.08. The fraction of sp³-hybridized carbons (Fsp3) is 0.357. The van der Waals surface area contributed by atoms with E-state index < -0.39 is 0 Å². The minimum absolute atomic E-state index is 0.300. The van der Waals surface area contributed by atoms with Gasteiger partial charge in [0.25, 0.3) is 0 Å². The summed E-state index contributed by atoms with van der Waals surface area (Å²) in [5.41, 5.74) is 9.68. The highest BCUT2D eigenvalue weighted by molar-refractivity contribution is 5.69. The summed E-state index contributed by atoms with van der Waals surface area (Å²) in [5, 5.41) is 0. The summed E-state index contributed by atoms with van der Waals surface area (Å²) in [7, 11) is 1.66. The number of oxazole rings is 1. The molecule has 0 spiro atoms. The predicted octanol–water partition coefficient (Wildman–Crippen LogP) is 2.73. The number of nitrogens with two attached hydrogens (primary N) is 1. The van der Waals surface area contributed by atoms with Crippen molar-refractivity contribution >= 4 is 0 Å². The average Bonchev–Trinajstić information content (AvgIpc) is 2.73. The number of rotatable bonds is 3. The van der Waals surface area contributed by atoms with Gasteiger partial charge in [-0.15, -0.1) is 0 Å². The summed E-state index contributed by atoms with van der Waals surface area (Å²) in [6, 6.07) is 4.07. The average molecular weight is 246 g/mol. The van der Waals surface area contributed by atoms with E-state index in [-0.39, 0.29) is 0 Å². The molecule has 18 heavy (non-hydrogen) atoms. The molecule has 0 radical (unpaired) electrons. The van der Waals surface area contributed by atoms with Crippen molar-refractivity contribution in [2.24, 2.45) is 5.73 Å². The Hall–Kier alpha value is -1.81. The van der Waals surface area contributed by atoms with E-state index in [0.717, 1.165) is 22.8 Å². The van der Waals surface area contributed by atoms with Crippen LogP contribution in [0.4, 0.5) is 0 Å². The van der Waals surface area contributed by atoms with Crippen LogP contribution in [0.5, 0.6) is 5.75 Å². The molecule has 0 saturated heterocycles. The Morgan fingerprint density at radius 3 is 2.44 bits per heavy atom. The van der Waals surface area contributed by atoms with Crippen LogP contribution in [0.15, 0.2) is 16.5 Å². The van der Waals surface area contributed by atoms with E-state index in [1.165, 1.54) is 11.1 Å². The van der Waals surface area contributed by atoms with Crippen LogP contribution < -0.4 is 10.5 Å². The molecule has 0 bridgehead atoms. The first-order valence-corrected chi connectivity index (χ1v) is 5.88. The Kier molecular flexibility index (Phi) is 3.39. The fourth-order valence-corrected chi connectivity index (χ4v) is 1.93. The molecule has 1 heterocycles. The van der Waals surface area contributed by atoms with Crippen molar-refractivity contribution in [3.63, 3.8) is 0 Å². The van der Waals surface area contributed by atoms with E-state index in [1.807, 2.05) is 13.0 Å². The van der Waals surface area contributed by atoms with Crippen LogP contribution in [0.2, 0.25) is 0 Å². The molecular weight excluding hydrogens is 228 g/mol. The SMILES string of the molecule is COc1cc(C)c(C)cc1-c1oc(CN)nc1C. The molecule has 4 heteroatoms. The Morgan fingerprint density at radius 1 is 1.22 bits per heavy atom. The highest BCUT2D eigenvalue weighted by atomic mass is 16.5. The summed E-state index contributed by atoms with van der Waals surface area (Å²) in [4.78, 5) is 4.29. The van der Waals surface area contributed by atoms with Gasteiger partial charge in [-0.1, -0.05) is 0 Å². The molecule has 0 aliphatic rings. The summed E-state index contributed by atoms with van der Waals surface area (Å²) in [6.07, 6.45) is 0. The highest BCUT2D eigenvalue weighted by Gasteiger charge is 2.16. The van der Waals surface area contributed by atoms with Crippen molar-refractivity contribution in [2.45, 2.75) is 27.3 Å². The van der Waals surface area contributed by atoms with Gasteiger partial charge in [-0.25, -0.2) is 4.98 Å². The zero-order valence-electron chi connectivity index (χ0n) is 11.2. The molecule has 4 nitrogen and oxygen atoms in total. The van der Waals surface area contributed by atoms with Crippen molar-refractivity contribution in [1.29, 1.82) is 0 Å². The Balaban J connectivity index is 2.61. The first-order valence-electron chi connectivity index (χ1n) is 5.88. The summed E-state index contributed by atoms with van der Waals surface area (Å²) < 4.78 is 11.1. The maximum atomic E-state index is 5.67. The monoisotopic (exact) mass is 246 g/mol. The van der Waals surface area contributed by atoms with Gasteiger partial charge in [0.1, 0.15) is 5.75 Å². The first-order chi connectivity index (χ1) is 8.56. The van der Waals surface area contributed by atoms with Crippen LogP contribution in [0, 0.1) is 20.8 Å². The molecule has 0 saturated carbocycles. The first kappa shape index (κ1) is 12.6.